The van der Waals surface area contributed by atoms with Crippen molar-refractivity contribution in [3.05, 3.63) is 35.4 Å². The molecule has 156 valence electrons. The number of nitrogens with one attached hydrogen (secondary N) is 3. The van der Waals surface area contributed by atoms with Gasteiger partial charge >= 0.3 is 0 Å². The van der Waals surface area contributed by atoms with Crippen molar-refractivity contribution in [3.8, 4) is 0 Å². The highest BCUT2D eigenvalue weighted by Gasteiger charge is 2.15. The van der Waals surface area contributed by atoms with Crippen molar-refractivity contribution in [1.29, 1.82) is 0 Å². The Bertz CT molecular complexity index is 928. The average molecular weight is 410 g/mol. The van der Waals surface area contributed by atoms with Crippen LogP contribution in [0, 0.1) is 13.8 Å². The smallest absolute Gasteiger partial charge is 0.242 e. The number of aryl methyl sites for hydroxylation is 3. The zero-order chi connectivity index (χ0) is 20.9. The van der Waals surface area contributed by atoms with Crippen LogP contribution in [-0.2, 0) is 30.5 Å². The molecule has 0 fully saturated rings. The Morgan fingerprint density at radius 1 is 1.29 bits per heavy atom. The molecule has 2 aromatic heterocycles. The lowest BCUT2D eigenvalue weighted by Gasteiger charge is -2.18. The largest absolute Gasteiger partial charge is 0.356 e. The third kappa shape index (κ3) is 5.59. The number of nitrogens with zero attached hydrogens (tertiary/aromatic N) is 4. The Morgan fingerprint density at radius 2 is 2.00 bits per heavy atom. The first kappa shape index (κ1) is 22.0. The van der Waals surface area contributed by atoms with Crippen LogP contribution in [0.15, 0.2) is 28.3 Å². The lowest BCUT2D eigenvalue weighted by Crippen LogP contribution is -2.45. The van der Waals surface area contributed by atoms with Gasteiger partial charge < -0.3 is 15.2 Å². The summed E-state index contributed by atoms with van der Waals surface area (Å²) in [5, 5.41) is 10.9. The van der Waals surface area contributed by atoms with E-state index in [-0.39, 0.29) is 17.5 Å². The summed E-state index contributed by atoms with van der Waals surface area (Å²) in [6, 6.07) is 1.72. The minimum atomic E-state index is -3.50. The van der Waals surface area contributed by atoms with Gasteiger partial charge in [-0.3, -0.25) is 9.67 Å². The molecule has 0 aromatic carbocycles. The van der Waals surface area contributed by atoms with Gasteiger partial charge in [0, 0.05) is 58.4 Å². The number of guanidine groups is 1. The molecule has 0 spiro atoms. The molecule has 0 radical (unpaired) electrons. The molecule has 2 rings (SSSR count). The summed E-state index contributed by atoms with van der Waals surface area (Å²) in [7, 11) is 1.92. The highest BCUT2D eigenvalue weighted by atomic mass is 32.2. The summed E-state index contributed by atoms with van der Waals surface area (Å²) >= 11 is 0. The van der Waals surface area contributed by atoms with Crippen LogP contribution in [-0.4, -0.2) is 54.9 Å². The summed E-state index contributed by atoms with van der Waals surface area (Å²) < 4.78 is 30.6. The Morgan fingerprint density at radius 3 is 2.54 bits per heavy atom. The van der Waals surface area contributed by atoms with Crippen LogP contribution in [0.3, 0.4) is 0 Å². The summed E-state index contributed by atoms with van der Waals surface area (Å²) in [5.74, 6) is 0.630. The fourth-order valence-electron chi connectivity index (χ4n) is 2.98. The van der Waals surface area contributed by atoms with Crippen LogP contribution in [0.2, 0.25) is 0 Å². The molecular weight excluding hydrogens is 378 g/mol. The fourth-order valence-corrected chi connectivity index (χ4v) is 4.07. The molecule has 10 heteroatoms. The average Bonchev–Trinajstić information content (AvgIpc) is 3.17. The highest BCUT2D eigenvalue weighted by Crippen LogP contribution is 2.14. The first-order chi connectivity index (χ1) is 13.1. The van der Waals surface area contributed by atoms with E-state index in [1.54, 1.807) is 37.1 Å². The Hall–Kier alpha value is -2.33. The SMILES string of the molecule is CN=C(NCCNS(=O)(=O)c1ccn(C)c1)NC(C)Cc1c(C)nn(C)c1C. The first-order valence-corrected chi connectivity index (χ1v) is 10.7. The van der Waals surface area contributed by atoms with E-state index in [2.05, 4.69) is 39.3 Å². The van der Waals surface area contributed by atoms with Crippen molar-refractivity contribution in [2.75, 3.05) is 20.1 Å². The maximum atomic E-state index is 12.2. The standard InChI is InChI=1S/C18H31N7O2S/c1-13(11-17-14(2)23-25(6)15(17)3)22-18(19-4)20-8-9-21-28(26,27)16-7-10-24(5)12-16/h7,10,12-13,21H,8-9,11H2,1-6H3,(H2,19,20,22). The van der Waals surface area contributed by atoms with Crippen LogP contribution < -0.4 is 15.4 Å². The third-order valence-corrected chi connectivity index (χ3v) is 6.05. The molecule has 0 amide bonds. The summed E-state index contributed by atoms with van der Waals surface area (Å²) in [6.07, 6.45) is 4.10. The number of hydrogen-bond donors (Lipinski definition) is 3. The van der Waals surface area contributed by atoms with E-state index in [0.29, 0.717) is 12.5 Å². The molecule has 0 saturated heterocycles. The van der Waals surface area contributed by atoms with E-state index in [0.717, 1.165) is 17.8 Å². The maximum Gasteiger partial charge on any atom is 0.242 e. The van der Waals surface area contributed by atoms with Crippen molar-refractivity contribution >= 4 is 16.0 Å². The predicted molar refractivity (Wildman–Crippen MR) is 111 cm³/mol. The molecule has 2 aromatic rings. The molecule has 1 atom stereocenters. The highest BCUT2D eigenvalue weighted by molar-refractivity contribution is 7.89. The second kappa shape index (κ2) is 9.24. The molecule has 0 aliphatic heterocycles. The lowest BCUT2D eigenvalue weighted by molar-refractivity contribution is 0.579. The molecule has 0 aliphatic carbocycles. The van der Waals surface area contributed by atoms with E-state index in [1.807, 2.05) is 18.7 Å². The van der Waals surface area contributed by atoms with Gasteiger partial charge in [0.05, 0.1) is 10.6 Å². The number of aliphatic imine (C=N–C) groups is 1. The molecule has 0 bridgehead atoms. The van der Waals surface area contributed by atoms with Gasteiger partial charge in [-0.25, -0.2) is 13.1 Å². The van der Waals surface area contributed by atoms with E-state index in [4.69, 9.17) is 0 Å². The zero-order valence-electron chi connectivity index (χ0n) is 17.4. The number of hydrogen-bond acceptors (Lipinski definition) is 4. The summed E-state index contributed by atoms with van der Waals surface area (Å²) in [4.78, 5) is 4.47. The van der Waals surface area contributed by atoms with E-state index in [9.17, 15) is 8.42 Å². The molecule has 2 heterocycles. The topological polar surface area (TPSA) is 105 Å². The minimum Gasteiger partial charge on any atom is -0.356 e. The molecule has 0 saturated carbocycles. The quantitative estimate of drug-likeness (QED) is 0.334. The monoisotopic (exact) mass is 409 g/mol. The Labute approximate surface area is 167 Å². The summed E-state index contributed by atoms with van der Waals surface area (Å²) in [6.45, 7) is 6.84. The Kier molecular flexibility index (Phi) is 7.25. The summed E-state index contributed by atoms with van der Waals surface area (Å²) in [5.41, 5.74) is 3.42. The van der Waals surface area contributed by atoms with Crippen molar-refractivity contribution < 1.29 is 8.42 Å². The van der Waals surface area contributed by atoms with Gasteiger partial charge in [-0.2, -0.15) is 5.10 Å². The number of rotatable bonds is 8. The molecule has 9 nitrogen and oxygen atoms in total. The normalized spacial score (nSPS) is 13.6. The second-order valence-corrected chi connectivity index (χ2v) is 8.70. The van der Waals surface area contributed by atoms with E-state index >= 15 is 0 Å². The van der Waals surface area contributed by atoms with Crippen LogP contribution in [0.4, 0.5) is 0 Å². The number of sulfonamides is 1. The van der Waals surface area contributed by atoms with Crippen molar-refractivity contribution in [3.63, 3.8) is 0 Å². The van der Waals surface area contributed by atoms with E-state index in [1.165, 1.54) is 5.56 Å². The van der Waals surface area contributed by atoms with Gasteiger partial charge in [0.1, 0.15) is 0 Å². The van der Waals surface area contributed by atoms with Crippen molar-refractivity contribution in [2.24, 2.45) is 19.1 Å². The van der Waals surface area contributed by atoms with Gasteiger partial charge in [-0.1, -0.05) is 0 Å². The third-order valence-electron chi connectivity index (χ3n) is 4.60. The van der Waals surface area contributed by atoms with Gasteiger partial charge in [0.15, 0.2) is 5.96 Å². The first-order valence-electron chi connectivity index (χ1n) is 9.22. The minimum absolute atomic E-state index is 0.147. The van der Waals surface area contributed by atoms with Gasteiger partial charge in [0.25, 0.3) is 0 Å². The molecule has 3 N–H and O–H groups in total. The van der Waals surface area contributed by atoms with Crippen LogP contribution in [0.25, 0.3) is 0 Å². The van der Waals surface area contributed by atoms with Gasteiger partial charge in [0.2, 0.25) is 10.0 Å². The van der Waals surface area contributed by atoms with Crippen molar-refractivity contribution in [2.45, 2.75) is 38.1 Å². The lowest BCUT2D eigenvalue weighted by atomic mass is 10.1. The van der Waals surface area contributed by atoms with Gasteiger partial charge in [-0.15, -0.1) is 0 Å². The number of aromatic nitrogens is 3. The maximum absolute atomic E-state index is 12.2. The molecule has 0 aliphatic rings. The Balaban J connectivity index is 1.81. The molecular formula is C18H31N7O2S. The molecule has 28 heavy (non-hydrogen) atoms. The fraction of sp³-hybridized carbons (Fsp3) is 0.556. The van der Waals surface area contributed by atoms with Crippen LogP contribution in [0.5, 0.6) is 0 Å². The van der Waals surface area contributed by atoms with E-state index < -0.39 is 10.0 Å². The van der Waals surface area contributed by atoms with Crippen molar-refractivity contribution in [1.82, 2.24) is 29.7 Å². The van der Waals surface area contributed by atoms with Crippen LogP contribution in [0.1, 0.15) is 23.9 Å². The van der Waals surface area contributed by atoms with Crippen LogP contribution >= 0.6 is 0 Å². The zero-order valence-corrected chi connectivity index (χ0v) is 18.3. The molecule has 1 unspecified atom stereocenters. The predicted octanol–water partition coefficient (Wildman–Crippen LogP) is 0.450. The van der Waals surface area contributed by atoms with Gasteiger partial charge in [-0.05, 0) is 38.8 Å². The second-order valence-electron chi connectivity index (χ2n) is 6.93.